The largest absolute Gasteiger partial charge is 0.497 e. The predicted molar refractivity (Wildman–Crippen MR) is 79.3 cm³/mol. The fourth-order valence-corrected chi connectivity index (χ4v) is 2.85. The van der Waals surface area contributed by atoms with Crippen LogP contribution in [0.3, 0.4) is 0 Å². The van der Waals surface area contributed by atoms with E-state index >= 15 is 0 Å². The molecule has 1 heterocycles. The first-order chi connectivity index (χ1) is 10.1. The molecule has 2 aromatic carbocycles. The van der Waals surface area contributed by atoms with Gasteiger partial charge in [-0.15, -0.1) is 0 Å². The second-order valence-electron chi connectivity index (χ2n) is 5.02. The average Bonchev–Trinajstić information content (AvgIpc) is 2.47. The van der Waals surface area contributed by atoms with Gasteiger partial charge in [0.05, 0.1) is 12.1 Å². The number of methoxy groups -OCH3 is 1. The first-order valence-corrected chi connectivity index (χ1v) is 7.01. The van der Waals surface area contributed by atoms with Crippen molar-refractivity contribution in [3.63, 3.8) is 0 Å². The van der Waals surface area contributed by atoms with Crippen LogP contribution in [0.4, 0.5) is 4.39 Å². The van der Waals surface area contributed by atoms with Crippen molar-refractivity contribution in [2.24, 2.45) is 5.73 Å². The third kappa shape index (κ3) is 2.69. The summed E-state index contributed by atoms with van der Waals surface area (Å²) in [7, 11) is 1.61. The van der Waals surface area contributed by atoms with Gasteiger partial charge in [0.15, 0.2) is 0 Å². The highest BCUT2D eigenvalue weighted by Gasteiger charge is 2.28. The molecule has 0 aromatic heterocycles. The Morgan fingerprint density at radius 3 is 2.76 bits per heavy atom. The second-order valence-corrected chi connectivity index (χ2v) is 5.43. The molecule has 3 nitrogen and oxygen atoms in total. The summed E-state index contributed by atoms with van der Waals surface area (Å²) in [5, 5.41) is 0.351. The van der Waals surface area contributed by atoms with Gasteiger partial charge in [-0.2, -0.15) is 0 Å². The normalized spacial score (nSPS) is 20.6. The van der Waals surface area contributed by atoms with E-state index in [2.05, 4.69) is 0 Å². The van der Waals surface area contributed by atoms with Crippen molar-refractivity contribution in [1.82, 2.24) is 0 Å². The number of fused-ring (bicyclic) bond motifs is 1. The van der Waals surface area contributed by atoms with Crippen LogP contribution in [-0.4, -0.2) is 7.11 Å². The number of hydrogen-bond donors (Lipinski definition) is 1. The Morgan fingerprint density at radius 2 is 2.05 bits per heavy atom. The van der Waals surface area contributed by atoms with E-state index in [4.69, 9.17) is 26.8 Å². The van der Waals surface area contributed by atoms with Crippen LogP contribution >= 0.6 is 11.6 Å². The van der Waals surface area contributed by atoms with E-state index in [-0.39, 0.29) is 18.0 Å². The van der Waals surface area contributed by atoms with Gasteiger partial charge in [-0.3, -0.25) is 0 Å². The quantitative estimate of drug-likeness (QED) is 0.911. The Balaban J connectivity index is 1.94. The van der Waals surface area contributed by atoms with E-state index in [1.54, 1.807) is 13.2 Å². The highest BCUT2D eigenvalue weighted by Crippen LogP contribution is 2.42. The summed E-state index contributed by atoms with van der Waals surface area (Å²) in [4.78, 5) is 0. The van der Waals surface area contributed by atoms with Crippen molar-refractivity contribution in [1.29, 1.82) is 0 Å². The molecule has 21 heavy (non-hydrogen) atoms. The molecule has 0 aliphatic carbocycles. The highest BCUT2D eigenvalue weighted by atomic mass is 35.5. The molecule has 3 rings (SSSR count). The van der Waals surface area contributed by atoms with E-state index in [9.17, 15) is 4.39 Å². The van der Waals surface area contributed by atoms with Crippen LogP contribution < -0.4 is 15.2 Å². The van der Waals surface area contributed by atoms with Gasteiger partial charge in [0, 0.05) is 23.6 Å². The average molecular weight is 308 g/mol. The molecular weight excluding hydrogens is 293 g/mol. The third-order valence-electron chi connectivity index (χ3n) is 3.66. The number of hydrogen-bond acceptors (Lipinski definition) is 3. The minimum Gasteiger partial charge on any atom is -0.497 e. The fraction of sp³-hybridized carbons (Fsp3) is 0.250. The summed E-state index contributed by atoms with van der Waals surface area (Å²) in [5.74, 6) is 1.08. The van der Waals surface area contributed by atoms with Crippen molar-refractivity contribution in [3.8, 4) is 11.5 Å². The monoisotopic (exact) mass is 307 g/mol. The molecule has 0 amide bonds. The van der Waals surface area contributed by atoms with Crippen LogP contribution in [-0.2, 0) is 0 Å². The van der Waals surface area contributed by atoms with E-state index in [0.717, 1.165) is 16.9 Å². The molecular formula is C16H15ClFNO2. The number of benzene rings is 2. The van der Waals surface area contributed by atoms with Crippen LogP contribution in [0.1, 0.15) is 29.7 Å². The minimum atomic E-state index is -0.367. The Morgan fingerprint density at radius 1 is 1.24 bits per heavy atom. The Kier molecular flexibility index (Phi) is 3.74. The smallest absolute Gasteiger partial charge is 0.127 e. The Bertz CT molecular complexity index is 677. The third-order valence-corrected chi connectivity index (χ3v) is 3.99. The van der Waals surface area contributed by atoms with Gasteiger partial charge in [0.1, 0.15) is 23.4 Å². The summed E-state index contributed by atoms with van der Waals surface area (Å²) < 4.78 is 24.3. The van der Waals surface area contributed by atoms with E-state index < -0.39 is 0 Å². The zero-order chi connectivity index (χ0) is 15.0. The van der Waals surface area contributed by atoms with Crippen molar-refractivity contribution >= 4 is 11.6 Å². The molecule has 2 atom stereocenters. The summed E-state index contributed by atoms with van der Waals surface area (Å²) in [6.07, 6.45) is 0.292. The lowest BCUT2D eigenvalue weighted by Crippen LogP contribution is -2.24. The summed E-state index contributed by atoms with van der Waals surface area (Å²) >= 11 is 6.10. The van der Waals surface area contributed by atoms with E-state index in [0.29, 0.717) is 17.2 Å². The molecule has 5 heteroatoms. The maximum absolute atomic E-state index is 13.1. The van der Waals surface area contributed by atoms with Crippen LogP contribution in [0.5, 0.6) is 11.5 Å². The molecule has 1 aliphatic rings. The van der Waals surface area contributed by atoms with E-state index in [1.807, 2.05) is 18.2 Å². The molecule has 0 spiro atoms. The van der Waals surface area contributed by atoms with Gasteiger partial charge in [0.25, 0.3) is 0 Å². The topological polar surface area (TPSA) is 44.5 Å². The zero-order valence-corrected chi connectivity index (χ0v) is 12.2. The molecule has 2 aromatic rings. The lowest BCUT2D eigenvalue weighted by atomic mass is 9.93. The lowest BCUT2D eigenvalue weighted by Gasteiger charge is -2.31. The predicted octanol–water partition coefficient (Wildman–Crippen LogP) is 4.01. The zero-order valence-electron chi connectivity index (χ0n) is 11.5. The molecule has 0 fully saturated rings. The van der Waals surface area contributed by atoms with Crippen LogP contribution in [0.15, 0.2) is 36.4 Å². The molecule has 110 valence electrons. The van der Waals surface area contributed by atoms with E-state index in [1.165, 1.54) is 12.1 Å². The van der Waals surface area contributed by atoms with Crippen molar-refractivity contribution in [2.45, 2.75) is 18.6 Å². The SMILES string of the molecule is COc1ccc2c(c1)[C@@H](N)CC(c1ccc(F)cc1Cl)O2. The minimum absolute atomic E-state index is 0.185. The number of ether oxygens (including phenoxy) is 2. The molecule has 0 bridgehead atoms. The van der Waals surface area contributed by atoms with Crippen LogP contribution in [0.25, 0.3) is 0 Å². The number of halogens is 2. The van der Waals surface area contributed by atoms with Gasteiger partial charge in [0.2, 0.25) is 0 Å². The van der Waals surface area contributed by atoms with Gasteiger partial charge >= 0.3 is 0 Å². The van der Waals surface area contributed by atoms with Gasteiger partial charge in [-0.25, -0.2) is 4.39 Å². The number of rotatable bonds is 2. The molecule has 1 aliphatic heterocycles. The van der Waals surface area contributed by atoms with Crippen molar-refractivity contribution in [2.75, 3.05) is 7.11 Å². The first-order valence-electron chi connectivity index (χ1n) is 6.63. The Hall–Kier alpha value is -1.78. The Labute approximate surface area is 127 Å². The summed E-state index contributed by atoms with van der Waals surface area (Å²) in [6.45, 7) is 0. The second kappa shape index (κ2) is 5.54. The molecule has 2 N–H and O–H groups in total. The maximum atomic E-state index is 13.1. The van der Waals surface area contributed by atoms with Gasteiger partial charge < -0.3 is 15.2 Å². The van der Waals surface area contributed by atoms with Crippen molar-refractivity contribution in [3.05, 3.63) is 58.4 Å². The molecule has 0 saturated heterocycles. The molecule has 0 radical (unpaired) electrons. The van der Waals surface area contributed by atoms with Crippen LogP contribution in [0.2, 0.25) is 5.02 Å². The molecule has 0 saturated carbocycles. The van der Waals surface area contributed by atoms with Crippen molar-refractivity contribution < 1.29 is 13.9 Å². The van der Waals surface area contributed by atoms with Crippen LogP contribution in [0, 0.1) is 5.82 Å². The summed E-state index contributed by atoms with van der Waals surface area (Å²) in [6, 6.07) is 9.65. The summed E-state index contributed by atoms with van der Waals surface area (Å²) in [5.41, 5.74) is 7.88. The molecule has 1 unspecified atom stereocenters. The standard InChI is InChI=1S/C16H15ClFNO2/c1-20-10-3-5-15-12(7-10)14(19)8-16(21-15)11-4-2-9(18)6-13(11)17/h2-7,14,16H,8,19H2,1H3/t14-,16?/m0/s1. The fourth-order valence-electron chi connectivity index (χ4n) is 2.56. The number of nitrogens with two attached hydrogens (primary N) is 1. The maximum Gasteiger partial charge on any atom is 0.127 e. The van der Waals surface area contributed by atoms with Gasteiger partial charge in [-0.1, -0.05) is 17.7 Å². The first kappa shape index (κ1) is 14.2. The highest BCUT2D eigenvalue weighted by molar-refractivity contribution is 6.31. The lowest BCUT2D eigenvalue weighted by molar-refractivity contribution is 0.161. The van der Waals surface area contributed by atoms with Gasteiger partial charge in [-0.05, 0) is 30.3 Å².